The molecule has 0 spiro atoms. The molecular weight excluding hydrogens is 328 g/mol. The summed E-state index contributed by atoms with van der Waals surface area (Å²) in [4.78, 5) is 14.7. The first-order chi connectivity index (χ1) is 12.7. The second kappa shape index (κ2) is 8.58. The summed E-state index contributed by atoms with van der Waals surface area (Å²) < 4.78 is 5.57. The highest BCUT2D eigenvalue weighted by Crippen LogP contribution is 2.26. The maximum atomic E-state index is 12.3. The van der Waals surface area contributed by atoms with Gasteiger partial charge in [0, 0.05) is 37.6 Å². The Kier molecular flexibility index (Phi) is 5.96. The number of anilines is 3. The summed E-state index contributed by atoms with van der Waals surface area (Å²) in [5, 5.41) is 9.09. The van der Waals surface area contributed by atoms with Gasteiger partial charge in [-0.2, -0.15) is 0 Å². The van der Waals surface area contributed by atoms with E-state index in [0.717, 1.165) is 37.4 Å². The van der Waals surface area contributed by atoms with Crippen molar-refractivity contribution in [2.45, 2.75) is 13.8 Å². The molecule has 0 aromatic heterocycles. The summed E-state index contributed by atoms with van der Waals surface area (Å²) in [6.45, 7) is 8.45. The Morgan fingerprint density at radius 2 is 1.85 bits per heavy atom. The molecule has 0 bridgehead atoms. The van der Waals surface area contributed by atoms with Crippen molar-refractivity contribution in [1.29, 1.82) is 0 Å². The molecule has 0 saturated carbocycles. The summed E-state index contributed by atoms with van der Waals surface area (Å²) in [5.74, 6) is 0.669. The number of amides is 2. The first kappa shape index (κ1) is 18.1. The van der Waals surface area contributed by atoms with Gasteiger partial charge >= 0.3 is 6.03 Å². The van der Waals surface area contributed by atoms with Gasteiger partial charge in [0.15, 0.2) is 0 Å². The van der Waals surface area contributed by atoms with Gasteiger partial charge in [0.05, 0.1) is 12.3 Å². The van der Waals surface area contributed by atoms with E-state index in [2.05, 4.69) is 20.9 Å². The number of ether oxygens (including phenoxy) is 1. The Balaban J connectivity index is 1.62. The number of hydrogen-bond donors (Lipinski definition) is 3. The second-order valence-electron chi connectivity index (χ2n) is 6.30. The fourth-order valence-electron chi connectivity index (χ4n) is 2.99. The van der Waals surface area contributed by atoms with Crippen molar-refractivity contribution in [3.8, 4) is 5.75 Å². The molecule has 3 N–H and O–H groups in total. The van der Waals surface area contributed by atoms with Crippen molar-refractivity contribution in [3.05, 3.63) is 48.0 Å². The van der Waals surface area contributed by atoms with E-state index in [1.807, 2.05) is 56.3 Å². The molecule has 1 aliphatic heterocycles. The Labute approximate surface area is 154 Å². The van der Waals surface area contributed by atoms with Gasteiger partial charge in [-0.15, -0.1) is 0 Å². The fraction of sp³-hybridized carbons (Fsp3) is 0.350. The smallest absolute Gasteiger partial charge is 0.323 e. The number of piperazine rings is 1. The lowest BCUT2D eigenvalue weighted by Crippen LogP contribution is -2.43. The highest BCUT2D eigenvalue weighted by Gasteiger charge is 2.11. The molecule has 1 heterocycles. The lowest BCUT2D eigenvalue weighted by Gasteiger charge is -2.29. The molecule has 26 heavy (non-hydrogen) atoms. The molecule has 0 atom stereocenters. The Bertz CT molecular complexity index is 740. The van der Waals surface area contributed by atoms with Crippen LogP contribution in [-0.4, -0.2) is 38.8 Å². The van der Waals surface area contributed by atoms with Crippen LogP contribution in [0, 0.1) is 6.92 Å². The number of urea groups is 1. The molecule has 138 valence electrons. The van der Waals surface area contributed by atoms with E-state index in [4.69, 9.17) is 4.74 Å². The van der Waals surface area contributed by atoms with Crippen molar-refractivity contribution < 1.29 is 9.53 Å². The third-order valence-electron chi connectivity index (χ3n) is 4.29. The molecular formula is C20H26N4O2. The number of nitrogens with one attached hydrogen (secondary N) is 3. The summed E-state index contributed by atoms with van der Waals surface area (Å²) in [6.07, 6.45) is 0. The van der Waals surface area contributed by atoms with Crippen LogP contribution in [0.2, 0.25) is 0 Å². The number of carbonyl (C=O) groups is 1. The van der Waals surface area contributed by atoms with E-state index < -0.39 is 0 Å². The topological polar surface area (TPSA) is 65.6 Å². The average molecular weight is 354 g/mol. The third-order valence-corrected chi connectivity index (χ3v) is 4.29. The number of benzene rings is 2. The van der Waals surface area contributed by atoms with Gasteiger partial charge < -0.3 is 25.6 Å². The van der Waals surface area contributed by atoms with Gasteiger partial charge in [-0.05, 0) is 55.8 Å². The maximum Gasteiger partial charge on any atom is 0.323 e. The quantitative estimate of drug-likeness (QED) is 0.769. The number of carbonyl (C=O) groups excluding carboxylic acids is 1. The van der Waals surface area contributed by atoms with Crippen LogP contribution in [-0.2, 0) is 0 Å². The Hall–Kier alpha value is -2.73. The van der Waals surface area contributed by atoms with Crippen LogP contribution >= 0.6 is 0 Å². The maximum absolute atomic E-state index is 12.3. The van der Waals surface area contributed by atoms with E-state index in [-0.39, 0.29) is 6.03 Å². The highest BCUT2D eigenvalue weighted by atomic mass is 16.5. The van der Waals surface area contributed by atoms with Gasteiger partial charge in [-0.25, -0.2) is 4.79 Å². The standard InChI is InChI=1S/C20H26N4O2/c1-3-26-19-9-4-15(2)14-18(19)23-20(25)22-16-5-7-17(8-6-16)24-12-10-21-11-13-24/h4-9,14,21H,3,10-13H2,1-2H3,(H2,22,23,25). The molecule has 6 heteroatoms. The van der Waals surface area contributed by atoms with Crippen LogP contribution in [0.3, 0.4) is 0 Å². The SMILES string of the molecule is CCOc1ccc(C)cc1NC(=O)Nc1ccc(N2CCNCC2)cc1. The number of nitrogens with zero attached hydrogens (tertiary/aromatic N) is 1. The van der Waals surface area contributed by atoms with Crippen LogP contribution in [0.5, 0.6) is 5.75 Å². The second-order valence-corrected chi connectivity index (χ2v) is 6.30. The molecule has 2 aromatic rings. The Morgan fingerprint density at radius 1 is 1.12 bits per heavy atom. The predicted molar refractivity (Wildman–Crippen MR) is 107 cm³/mol. The van der Waals surface area contributed by atoms with Crippen LogP contribution in [0.15, 0.2) is 42.5 Å². The zero-order chi connectivity index (χ0) is 18.4. The predicted octanol–water partition coefficient (Wildman–Crippen LogP) is 3.45. The lowest BCUT2D eigenvalue weighted by atomic mass is 10.2. The van der Waals surface area contributed by atoms with Crippen molar-refractivity contribution in [3.63, 3.8) is 0 Å². The zero-order valence-electron chi connectivity index (χ0n) is 15.3. The first-order valence-corrected chi connectivity index (χ1v) is 9.03. The largest absolute Gasteiger partial charge is 0.492 e. The number of rotatable bonds is 5. The molecule has 1 aliphatic rings. The summed E-state index contributed by atoms with van der Waals surface area (Å²) >= 11 is 0. The lowest BCUT2D eigenvalue weighted by molar-refractivity contribution is 0.262. The highest BCUT2D eigenvalue weighted by molar-refractivity contribution is 6.00. The summed E-state index contributed by atoms with van der Waals surface area (Å²) in [5.41, 5.74) is 3.66. The fourth-order valence-corrected chi connectivity index (χ4v) is 2.99. The van der Waals surface area contributed by atoms with Gasteiger partial charge in [-0.1, -0.05) is 6.07 Å². The molecule has 6 nitrogen and oxygen atoms in total. The van der Waals surface area contributed by atoms with Gasteiger partial charge in [0.1, 0.15) is 5.75 Å². The molecule has 2 aromatic carbocycles. The van der Waals surface area contributed by atoms with E-state index in [0.29, 0.717) is 18.0 Å². The average Bonchev–Trinajstić information content (AvgIpc) is 2.65. The van der Waals surface area contributed by atoms with E-state index >= 15 is 0 Å². The molecule has 0 aliphatic carbocycles. The minimum absolute atomic E-state index is 0.286. The van der Waals surface area contributed by atoms with Gasteiger partial charge in [0.2, 0.25) is 0 Å². The monoisotopic (exact) mass is 354 g/mol. The van der Waals surface area contributed by atoms with Gasteiger partial charge in [-0.3, -0.25) is 0 Å². The van der Waals surface area contributed by atoms with Crippen LogP contribution in [0.25, 0.3) is 0 Å². The van der Waals surface area contributed by atoms with E-state index in [1.54, 1.807) is 0 Å². The molecule has 0 radical (unpaired) electrons. The van der Waals surface area contributed by atoms with Crippen LogP contribution < -0.4 is 25.6 Å². The third kappa shape index (κ3) is 4.67. The normalized spacial score (nSPS) is 14.0. The summed E-state index contributed by atoms with van der Waals surface area (Å²) in [6, 6.07) is 13.4. The van der Waals surface area contributed by atoms with Crippen molar-refractivity contribution in [2.24, 2.45) is 0 Å². The van der Waals surface area contributed by atoms with Crippen LogP contribution in [0.4, 0.5) is 21.9 Å². The minimum atomic E-state index is -0.286. The molecule has 0 unspecified atom stereocenters. The number of hydrogen-bond acceptors (Lipinski definition) is 4. The Morgan fingerprint density at radius 3 is 2.54 bits per heavy atom. The number of aryl methyl sites for hydroxylation is 1. The van der Waals surface area contributed by atoms with Crippen molar-refractivity contribution in [2.75, 3.05) is 48.3 Å². The van der Waals surface area contributed by atoms with Gasteiger partial charge in [0.25, 0.3) is 0 Å². The first-order valence-electron chi connectivity index (χ1n) is 9.03. The van der Waals surface area contributed by atoms with Crippen molar-refractivity contribution in [1.82, 2.24) is 5.32 Å². The van der Waals surface area contributed by atoms with Crippen molar-refractivity contribution >= 4 is 23.1 Å². The summed E-state index contributed by atoms with van der Waals surface area (Å²) in [7, 11) is 0. The molecule has 2 amide bonds. The zero-order valence-corrected chi connectivity index (χ0v) is 15.3. The van der Waals surface area contributed by atoms with E-state index in [1.165, 1.54) is 5.69 Å². The molecule has 1 saturated heterocycles. The van der Waals surface area contributed by atoms with E-state index in [9.17, 15) is 4.79 Å². The molecule has 3 rings (SSSR count). The minimum Gasteiger partial charge on any atom is -0.492 e. The van der Waals surface area contributed by atoms with Crippen LogP contribution in [0.1, 0.15) is 12.5 Å². The molecule has 1 fully saturated rings.